The van der Waals surface area contributed by atoms with Gasteiger partial charge in [0.2, 0.25) is 10.0 Å². The minimum atomic E-state index is -3.48. The summed E-state index contributed by atoms with van der Waals surface area (Å²) in [5.74, 6) is 1.31. The summed E-state index contributed by atoms with van der Waals surface area (Å²) in [4.78, 5) is 25.5. The first-order valence-corrected chi connectivity index (χ1v) is 13.4. The highest BCUT2D eigenvalue weighted by molar-refractivity contribution is 7.89. The van der Waals surface area contributed by atoms with Crippen LogP contribution < -0.4 is 5.56 Å². The zero-order valence-corrected chi connectivity index (χ0v) is 20.0. The second kappa shape index (κ2) is 8.37. The average molecular weight is 473 g/mol. The number of piperazine rings is 1. The molecule has 1 N–H and O–H groups in total. The van der Waals surface area contributed by atoms with Gasteiger partial charge in [-0.25, -0.2) is 13.4 Å². The molecule has 7 nitrogen and oxygen atoms in total. The van der Waals surface area contributed by atoms with E-state index < -0.39 is 10.0 Å². The second-order valence-electron chi connectivity index (χ2n) is 8.91. The fourth-order valence-corrected chi connectivity index (χ4v) is 7.64. The Hall–Kier alpha value is -2.07. The summed E-state index contributed by atoms with van der Waals surface area (Å²) in [5, 5.41) is 0.770. The Morgan fingerprint density at radius 3 is 2.59 bits per heavy atom. The van der Waals surface area contributed by atoms with Crippen LogP contribution in [-0.4, -0.2) is 53.8 Å². The smallest absolute Gasteiger partial charge is 0.259 e. The van der Waals surface area contributed by atoms with Gasteiger partial charge in [0, 0.05) is 31.1 Å². The average Bonchev–Trinajstić information content (AvgIpc) is 3.17. The molecule has 2 aromatic heterocycles. The topological polar surface area (TPSA) is 86.4 Å². The SMILES string of the molecule is C[C@@H]1CCc2c(sc3nc([C@@H](C)N4CCN(S(=O)(=O)c5ccccc5)CC4)[nH]c(=O)c23)C1. The number of nitrogens with zero attached hydrogens (tertiary/aromatic N) is 3. The third kappa shape index (κ3) is 3.81. The lowest BCUT2D eigenvalue weighted by Crippen LogP contribution is -2.49. The second-order valence-corrected chi connectivity index (χ2v) is 11.9. The van der Waals surface area contributed by atoms with E-state index in [0.717, 1.165) is 29.5 Å². The van der Waals surface area contributed by atoms with Crippen molar-refractivity contribution in [3.05, 3.63) is 57.0 Å². The maximum atomic E-state index is 12.9. The van der Waals surface area contributed by atoms with Crippen molar-refractivity contribution in [2.24, 2.45) is 5.92 Å². The van der Waals surface area contributed by atoms with Gasteiger partial charge in [0.05, 0.1) is 16.3 Å². The molecule has 9 heteroatoms. The molecule has 3 aromatic rings. The number of benzene rings is 1. The Bertz CT molecular complexity index is 1290. The van der Waals surface area contributed by atoms with Gasteiger partial charge in [-0.3, -0.25) is 9.69 Å². The van der Waals surface area contributed by atoms with Crippen LogP contribution in [0.5, 0.6) is 0 Å². The van der Waals surface area contributed by atoms with E-state index in [-0.39, 0.29) is 11.6 Å². The Morgan fingerprint density at radius 2 is 1.88 bits per heavy atom. The van der Waals surface area contributed by atoms with Gasteiger partial charge in [0.1, 0.15) is 10.7 Å². The monoisotopic (exact) mass is 472 g/mol. The van der Waals surface area contributed by atoms with Crippen molar-refractivity contribution in [1.82, 2.24) is 19.2 Å². The molecule has 1 aliphatic heterocycles. The molecule has 0 saturated carbocycles. The fraction of sp³-hybridized carbons (Fsp3) is 0.478. The van der Waals surface area contributed by atoms with E-state index in [2.05, 4.69) is 16.8 Å². The van der Waals surface area contributed by atoms with Crippen LogP contribution in [0.4, 0.5) is 0 Å². The molecule has 0 bridgehead atoms. The number of hydrogen-bond acceptors (Lipinski definition) is 6. The number of rotatable bonds is 4. The summed E-state index contributed by atoms with van der Waals surface area (Å²) < 4.78 is 27.3. The van der Waals surface area contributed by atoms with Crippen LogP contribution in [0.25, 0.3) is 10.2 Å². The standard InChI is InChI=1S/C23H28N4O3S2/c1-15-8-9-18-19(14-15)31-23-20(18)22(28)24-21(25-23)16(2)26-10-12-27(13-11-26)32(29,30)17-6-4-3-5-7-17/h3-7,15-16H,8-14H2,1-2H3,(H,24,25,28)/t15-,16-/m1/s1. The number of aromatic amines is 1. The van der Waals surface area contributed by atoms with Gasteiger partial charge in [0.15, 0.2) is 0 Å². The molecule has 3 heterocycles. The van der Waals surface area contributed by atoms with Gasteiger partial charge in [-0.05, 0) is 49.8 Å². The molecule has 170 valence electrons. The Labute approximate surface area is 192 Å². The molecule has 32 heavy (non-hydrogen) atoms. The molecule has 0 amide bonds. The van der Waals surface area contributed by atoms with Crippen LogP contribution in [0.15, 0.2) is 40.0 Å². The highest BCUT2D eigenvalue weighted by atomic mass is 32.2. The van der Waals surface area contributed by atoms with E-state index in [1.54, 1.807) is 39.9 Å². The quantitative estimate of drug-likeness (QED) is 0.630. The van der Waals surface area contributed by atoms with Crippen molar-refractivity contribution < 1.29 is 8.42 Å². The Balaban J connectivity index is 1.34. The third-order valence-electron chi connectivity index (χ3n) is 6.78. The fourth-order valence-electron chi connectivity index (χ4n) is 4.81. The van der Waals surface area contributed by atoms with Crippen molar-refractivity contribution >= 4 is 31.6 Å². The number of aromatic nitrogens is 2. The van der Waals surface area contributed by atoms with Crippen LogP contribution in [0, 0.1) is 5.92 Å². The lowest BCUT2D eigenvalue weighted by Gasteiger charge is -2.36. The van der Waals surface area contributed by atoms with E-state index in [1.807, 2.05) is 13.0 Å². The predicted octanol–water partition coefficient (Wildman–Crippen LogP) is 3.18. The van der Waals surface area contributed by atoms with Crippen molar-refractivity contribution in [1.29, 1.82) is 0 Å². The number of thiophene rings is 1. The van der Waals surface area contributed by atoms with Gasteiger partial charge in [-0.15, -0.1) is 11.3 Å². The maximum absolute atomic E-state index is 12.9. The summed E-state index contributed by atoms with van der Waals surface area (Å²) in [6.45, 7) is 6.30. The lowest BCUT2D eigenvalue weighted by molar-refractivity contribution is 0.141. The normalized spacial score (nSPS) is 21.5. The van der Waals surface area contributed by atoms with E-state index in [9.17, 15) is 13.2 Å². The molecule has 0 radical (unpaired) electrons. The van der Waals surface area contributed by atoms with E-state index in [0.29, 0.717) is 42.8 Å². The first kappa shape index (κ1) is 21.8. The van der Waals surface area contributed by atoms with Gasteiger partial charge in [0.25, 0.3) is 5.56 Å². The Kier molecular flexibility index (Phi) is 5.69. The van der Waals surface area contributed by atoms with Gasteiger partial charge in [-0.2, -0.15) is 4.31 Å². The molecular formula is C23H28N4O3S2. The van der Waals surface area contributed by atoms with Crippen molar-refractivity contribution in [2.75, 3.05) is 26.2 Å². The van der Waals surface area contributed by atoms with Crippen molar-refractivity contribution in [3.8, 4) is 0 Å². The first-order chi connectivity index (χ1) is 15.3. The summed E-state index contributed by atoms with van der Waals surface area (Å²) in [7, 11) is -3.48. The van der Waals surface area contributed by atoms with Crippen LogP contribution in [0.1, 0.15) is 42.6 Å². The molecule has 1 saturated heterocycles. The number of aryl methyl sites for hydroxylation is 1. The highest BCUT2D eigenvalue weighted by Crippen LogP contribution is 2.36. The third-order valence-corrected chi connectivity index (χ3v) is 9.84. The molecule has 0 spiro atoms. The summed E-state index contributed by atoms with van der Waals surface area (Å²) >= 11 is 1.66. The molecule has 2 atom stereocenters. The van der Waals surface area contributed by atoms with E-state index >= 15 is 0 Å². The van der Waals surface area contributed by atoms with Crippen LogP contribution in [0.2, 0.25) is 0 Å². The molecule has 1 fully saturated rings. The largest absolute Gasteiger partial charge is 0.309 e. The predicted molar refractivity (Wildman–Crippen MR) is 127 cm³/mol. The van der Waals surface area contributed by atoms with Gasteiger partial charge < -0.3 is 4.98 Å². The van der Waals surface area contributed by atoms with Crippen molar-refractivity contribution in [2.45, 2.75) is 44.0 Å². The van der Waals surface area contributed by atoms with Gasteiger partial charge in [-0.1, -0.05) is 25.1 Å². The minimum Gasteiger partial charge on any atom is -0.309 e. The molecule has 0 unspecified atom stereocenters. The number of hydrogen-bond donors (Lipinski definition) is 1. The molecule has 1 aliphatic carbocycles. The molecule has 2 aliphatic rings. The summed E-state index contributed by atoms with van der Waals surface area (Å²) in [6.07, 6.45) is 3.10. The van der Waals surface area contributed by atoms with Gasteiger partial charge >= 0.3 is 0 Å². The van der Waals surface area contributed by atoms with Crippen LogP contribution in [-0.2, 0) is 22.9 Å². The molecule has 5 rings (SSSR count). The van der Waals surface area contributed by atoms with Crippen LogP contribution in [0.3, 0.4) is 0 Å². The van der Waals surface area contributed by atoms with E-state index in [1.165, 1.54) is 10.4 Å². The molecular weight excluding hydrogens is 444 g/mol. The number of H-pyrrole nitrogens is 1. The van der Waals surface area contributed by atoms with Crippen molar-refractivity contribution in [3.63, 3.8) is 0 Å². The lowest BCUT2D eigenvalue weighted by atomic mass is 9.89. The highest BCUT2D eigenvalue weighted by Gasteiger charge is 2.31. The maximum Gasteiger partial charge on any atom is 0.259 e. The zero-order valence-electron chi connectivity index (χ0n) is 18.4. The number of fused-ring (bicyclic) bond motifs is 3. The van der Waals surface area contributed by atoms with E-state index in [4.69, 9.17) is 4.98 Å². The van der Waals surface area contributed by atoms with Crippen LogP contribution >= 0.6 is 11.3 Å². The number of sulfonamides is 1. The first-order valence-electron chi connectivity index (χ1n) is 11.2. The summed E-state index contributed by atoms with van der Waals surface area (Å²) in [5.41, 5.74) is 1.14. The number of nitrogens with one attached hydrogen (secondary N) is 1. The Morgan fingerprint density at radius 1 is 1.16 bits per heavy atom. The molecule has 1 aromatic carbocycles. The summed E-state index contributed by atoms with van der Waals surface area (Å²) in [6, 6.07) is 8.48. The minimum absolute atomic E-state index is 0.0470. The zero-order chi connectivity index (χ0) is 22.5.